The second-order valence-electron chi connectivity index (χ2n) is 4.46. The van der Waals surface area contributed by atoms with E-state index in [1.807, 2.05) is 6.07 Å². The molecule has 1 fully saturated rings. The highest BCUT2D eigenvalue weighted by atomic mass is 19.1. The summed E-state index contributed by atoms with van der Waals surface area (Å²) in [5.74, 6) is 0.134. The van der Waals surface area contributed by atoms with E-state index < -0.39 is 0 Å². The fourth-order valence-electron chi connectivity index (χ4n) is 2.37. The summed E-state index contributed by atoms with van der Waals surface area (Å²) in [5, 5.41) is 3.18. The molecule has 2 rings (SSSR count). The van der Waals surface area contributed by atoms with E-state index in [-0.39, 0.29) is 24.3 Å². The second-order valence-corrected chi connectivity index (χ2v) is 4.46. The van der Waals surface area contributed by atoms with Gasteiger partial charge in [0.1, 0.15) is 5.82 Å². The maximum Gasteiger partial charge on any atom is 0.126 e. The van der Waals surface area contributed by atoms with Gasteiger partial charge in [0.15, 0.2) is 0 Å². The van der Waals surface area contributed by atoms with Crippen molar-refractivity contribution in [2.75, 3.05) is 19.8 Å². The van der Waals surface area contributed by atoms with Crippen molar-refractivity contribution < 1.29 is 8.78 Å². The van der Waals surface area contributed by atoms with Gasteiger partial charge in [-0.2, -0.15) is 0 Å². The van der Waals surface area contributed by atoms with Gasteiger partial charge in [0.05, 0.1) is 6.67 Å². The number of hydrogen-bond acceptors (Lipinski definition) is 1. The van der Waals surface area contributed by atoms with Crippen molar-refractivity contribution in [3.05, 3.63) is 35.6 Å². The van der Waals surface area contributed by atoms with Crippen molar-refractivity contribution in [2.45, 2.75) is 12.8 Å². The van der Waals surface area contributed by atoms with Crippen LogP contribution in [-0.2, 0) is 6.42 Å². The Hall–Kier alpha value is -0.960. The van der Waals surface area contributed by atoms with E-state index in [9.17, 15) is 8.78 Å². The molecule has 16 heavy (non-hydrogen) atoms. The average molecular weight is 225 g/mol. The van der Waals surface area contributed by atoms with E-state index in [0.29, 0.717) is 12.0 Å². The summed E-state index contributed by atoms with van der Waals surface area (Å²) in [6.07, 6.45) is 1.59. The maximum absolute atomic E-state index is 13.5. The summed E-state index contributed by atoms with van der Waals surface area (Å²) >= 11 is 0. The lowest BCUT2D eigenvalue weighted by atomic mass is 9.82. The lowest BCUT2D eigenvalue weighted by molar-refractivity contribution is 0.204. The van der Waals surface area contributed by atoms with Crippen molar-refractivity contribution in [2.24, 2.45) is 11.8 Å². The van der Waals surface area contributed by atoms with Crippen molar-refractivity contribution >= 4 is 0 Å². The Morgan fingerprint density at radius 2 is 2.06 bits per heavy atom. The standard InChI is InChI=1S/C13H17F2N/c14-8-12-9-16-6-5-10(12)7-11-3-1-2-4-13(11)15/h1-4,10,12,16H,5-9H2. The molecule has 0 radical (unpaired) electrons. The first-order valence-corrected chi connectivity index (χ1v) is 5.81. The predicted octanol–water partition coefficient (Wildman–Crippen LogP) is 2.56. The summed E-state index contributed by atoms with van der Waals surface area (Å²) in [6, 6.07) is 6.80. The molecular formula is C13H17F2N. The molecule has 0 aliphatic carbocycles. The summed E-state index contributed by atoms with van der Waals surface area (Å²) in [5.41, 5.74) is 0.716. The van der Waals surface area contributed by atoms with Gasteiger partial charge in [-0.1, -0.05) is 18.2 Å². The van der Waals surface area contributed by atoms with Crippen LogP contribution in [0.2, 0.25) is 0 Å². The van der Waals surface area contributed by atoms with Crippen LogP contribution in [0.5, 0.6) is 0 Å². The molecule has 1 aliphatic rings. The lowest BCUT2D eigenvalue weighted by Crippen LogP contribution is -2.38. The zero-order valence-electron chi connectivity index (χ0n) is 9.26. The van der Waals surface area contributed by atoms with Gasteiger partial charge in [0.2, 0.25) is 0 Å². The minimum absolute atomic E-state index is 0.0355. The molecule has 1 heterocycles. The molecule has 2 atom stereocenters. The van der Waals surface area contributed by atoms with Crippen LogP contribution >= 0.6 is 0 Å². The first-order chi connectivity index (χ1) is 7.81. The quantitative estimate of drug-likeness (QED) is 0.833. The third-order valence-corrected chi connectivity index (χ3v) is 3.40. The highest BCUT2D eigenvalue weighted by Crippen LogP contribution is 2.25. The zero-order chi connectivity index (χ0) is 11.4. The molecule has 1 aromatic rings. The number of benzene rings is 1. The number of hydrogen-bond donors (Lipinski definition) is 1. The van der Waals surface area contributed by atoms with Crippen LogP contribution in [0.3, 0.4) is 0 Å². The number of rotatable bonds is 3. The first-order valence-electron chi connectivity index (χ1n) is 5.81. The molecular weight excluding hydrogens is 208 g/mol. The molecule has 3 heteroatoms. The molecule has 88 valence electrons. The Morgan fingerprint density at radius 1 is 1.25 bits per heavy atom. The van der Waals surface area contributed by atoms with Gasteiger partial charge in [-0.15, -0.1) is 0 Å². The lowest BCUT2D eigenvalue weighted by Gasteiger charge is -2.30. The summed E-state index contributed by atoms with van der Waals surface area (Å²) in [7, 11) is 0. The molecule has 2 unspecified atom stereocenters. The normalized spacial score (nSPS) is 25.6. The predicted molar refractivity (Wildman–Crippen MR) is 60.5 cm³/mol. The Labute approximate surface area is 94.9 Å². The Bertz CT molecular complexity index is 340. The highest BCUT2D eigenvalue weighted by molar-refractivity contribution is 5.18. The maximum atomic E-state index is 13.5. The third-order valence-electron chi connectivity index (χ3n) is 3.40. The average Bonchev–Trinajstić information content (AvgIpc) is 2.33. The molecule has 1 aliphatic heterocycles. The zero-order valence-corrected chi connectivity index (χ0v) is 9.26. The SMILES string of the molecule is FCC1CNCCC1Cc1ccccc1F. The van der Waals surface area contributed by atoms with Crippen molar-refractivity contribution in [1.29, 1.82) is 0 Å². The van der Waals surface area contributed by atoms with Crippen LogP contribution in [0.4, 0.5) is 8.78 Å². The van der Waals surface area contributed by atoms with Crippen molar-refractivity contribution in [1.82, 2.24) is 5.32 Å². The van der Waals surface area contributed by atoms with E-state index in [1.165, 1.54) is 6.07 Å². The molecule has 0 amide bonds. The number of halogens is 2. The topological polar surface area (TPSA) is 12.0 Å². The van der Waals surface area contributed by atoms with Gasteiger partial charge >= 0.3 is 0 Å². The van der Waals surface area contributed by atoms with Crippen LogP contribution in [0.25, 0.3) is 0 Å². The minimum atomic E-state index is -0.313. The smallest absolute Gasteiger partial charge is 0.126 e. The molecule has 0 aromatic heterocycles. The van der Waals surface area contributed by atoms with Crippen LogP contribution in [0, 0.1) is 17.7 Å². The molecule has 1 nitrogen and oxygen atoms in total. The Kier molecular flexibility index (Phi) is 3.88. The van der Waals surface area contributed by atoms with Crippen molar-refractivity contribution in [3.63, 3.8) is 0 Å². The molecule has 1 N–H and O–H groups in total. The number of nitrogens with one attached hydrogen (secondary N) is 1. The molecule has 0 saturated carbocycles. The second kappa shape index (κ2) is 5.39. The van der Waals surface area contributed by atoms with E-state index in [0.717, 1.165) is 19.5 Å². The van der Waals surface area contributed by atoms with Crippen molar-refractivity contribution in [3.8, 4) is 0 Å². The van der Waals surface area contributed by atoms with E-state index >= 15 is 0 Å². The van der Waals surface area contributed by atoms with Gasteiger partial charge in [-0.05, 0) is 36.9 Å². The fraction of sp³-hybridized carbons (Fsp3) is 0.538. The van der Waals surface area contributed by atoms with E-state index in [1.54, 1.807) is 12.1 Å². The number of piperidine rings is 1. The molecule has 0 spiro atoms. The highest BCUT2D eigenvalue weighted by Gasteiger charge is 2.25. The van der Waals surface area contributed by atoms with E-state index in [2.05, 4.69) is 5.32 Å². The van der Waals surface area contributed by atoms with Gasteiger partial charge in [0, 0.05) is 12.5 Å². The monoisotopic (exact) mass is 225 g/mol. The van der Waals surface area contributed by atoms with Gasteiger partial charge in [-0.3, -0.25) is 4.39 Å². The summed E-state index contributed by atoms with van der Waals surface area (Å²) < 4.78 is 26.3. The fourth-order valence-corrected chi connectivity index (χ4v) is 2.37. The van der Waals surface area contributed by atoms with Gasteiger partial charge < -0.3 is 5.32 Å². The molecule has 1 aromatic carbocycles. The third kappa shape index (κ3) is 2.59. The summed E-state index contributed by atoms with van der Waals surface area (Å²) in [4.78, 5) is 0. The molecule has 1 saturated heterocycles. The van der Waals surface area contributed by atoms with Crippen LogP contribution < -0.4 is 5.32 Å². The van der Waals surface area contributed by atoms with Gasteiger partial charge in [-0.25, -0.2) is 4.39 Å². The van der Waals surface area contributed by atoms with Gasteiger partial charge in [0.25, 0.3) is 0 Å². The largest absolute Gasteiger partial charge is 0.316 e. The summed E-state index contributed by atoms with van der Waals surface area (Å²) in [6.45, 7) is 1.32. The number of alkyl halides is 1. The first kappa shape index (κ1) is 11.5. The van der Waals surface area contributed by atoms with Crippen LogP contribution in [0.15, 0.2) is 24.3 Å². The van der Waals surface area contributed by atoms with Crippen LogP contribution in [-0.4, -0.2) is 19.8 Å². The molecule has 0 bridgehead atoms. The van der Waals surface area contributed by atoms with Crippen LogP contribution in [0.1, 0.15) is 12.0 Å². The Morgan fingerprint density at radius 3 is 2.81 bits per heavy atom. The minimum Gasteiger partial charge on any atom is -0.316 e. The Balaban J connectivity index is 2.05. The van der Waals surface area contributed by atoms with E-state index in [4.69, 9.17) is 0 Å².